The van der Waals surface area contributed by atoms with E-state index in [0.717, 1.165) is 0 Å². The van der Waals surface area contributed by atoms with Crippen molar-refractivity contribution in [2.24, 2.45) is 10.2 Å². The number of ether oxygens (including phenoxy) is 1. The average molecular weight is 499 g/mol. The molecule has 0 saturated carbocycles. The summed E-state index contributed by atoms with van der Waals surface area (Å²) in [4.78, 5) is 35.6. The van der Waals surface area contributed by atoms with Crippen molar-refractivity contribution >= 4 is 45.3 Å². The molecule has 0 aliphatic rings. The van der Waals surface area contributed by atoms with Crippen molar-refractivity contribution in [2.75, 3.05) is 19.5 Å². The number of phenols is 1. The van der Waals surface area contributed by atoms with E-state index in [0.29, 0.717) is 22.1 Å². The van der Waals surface area contributed by atoms with Gasteiger partial charge in [0.1, 0.15) is 17.1 Å². The lowest BCUT2D eigenvalue weighted by atomic mass is 10.0. The molecule has 186 valence electrons. The Labute approximate surface area is 210 Å². The van der Waals surface area contributed by atoms with Crippen LogP contribution in [0.5, 0.6) is 11.5 Å². The van der Waals surface area contributed by atoms with Gasteiger partial charge in [0, 0.05) is 35.8 Å². The van der Waals surface area contributed by atoms with Gasteiger partial charge in [-0.3, -0.25) is 19.7 Å². The molecule has 0 atom stereocenters. The number of hydrogen-bond donors (Lipinski definition) is 3. The number of nitro benzene ring substituents is 1. The Bertz CT molecular complexity index is 1570. The maximum atomic E-state index is 13.1. The first-order valence-corrected chi connectivity index (χ1v) is 10.9. The number of benzene rings is 4. The van der Waals surface area contributed by atoms with Crippen LogP contribution in [0.4, 0.5) is 22.7 Å². The molecule has 37 heavy (non-hydrogen) atoms. The van der Waals surface area contributed by atoms with E-state index in [1.54, 1.807) is 36.4 Å². The van der Waals surface area contributed by atoms with Crippen LogP contribution in [0.1, 0.15) is 20.7 Å². The number of non-ortho nitro benzene ring substituents is 1. The molecule has 0 fully saturated rings. The van der Waals surface area contributed by atoms with Gasteiger partial charge in [-0.15, -0.1) is 10.2 Å². The van der Waals surface area contributed by atoms with Crippen molar-refractivity contribution in [3.63, 3.8) is 0 Å². The van der Waals surface area contributed by atoms with Gasteiger partial charge >= 0.3 is 0 Å². The Morgan fingerprint density at radius 1 is 0.973 bits per heavy atom. The zero-order valence-corrected chi connectivity index (χ0v) is 19.8. The van der Waals surface area contributed by atoms with Crippen LogP contribution in [0.25, 0.3) is 10.8 Å². The maximum absolute atomic E-state index is 13.1. The maximum Gasteiger partial charge on any atom is 0.271 e. The SMILES string of the molecule is CNC(=O)c1ccc(OC)c(/N=N/c2c(O)c(C(=O)Nc3cccc([N+](=O)[O-])c3)cc3ccccc23)c1. The van der Waals surface area contributed by atoms with Crippen LogP contribution in [0.2, 0.25) is 0 Å². The highest BCUT2D eigenvalue weighted by atomic mass is 16.6. The number of methoxy groups -OCH3 is 1. The quantitative estimate of drug-likeness (QED) is 0.173. The van der Waals surface area contributed by atoms with E-state index in [9.17, 15) is 24.8 Å². The number of nitrogens with zero attached hydrogens (tertiary/aromatic N) is 3. The lowest BCUT2D eigenvalue weighted by Crippen LogP contribution is -2.17. The van der Waals surface area contributed by atoms with Gasteiger partial charge in [-0.05, 0) is 35.7 Å². The van der Waals surface area contributed by atoms with Gasteiger partial charge in [0.2, 0.25) is 0 Å². The number of azo groups is 1. The van der Waals surface area contributed by atoms with Crippen LogP contribution in [0, 0.1) is 10.1 Å². The van der Waals surface area contributed by atoms with Crippen LogP contribution in [0.3, 0.4) is 0 Å². The van der Waals surface area contributed by atoms with E-state index in [4.69, 9.17) is 4.74 Å². The number of anilines is 1. The first-order valence-electron chi connectivity index (χ1n) is 10.9. The summed E-state index contributed by atoms with van der Waals surface area (Å²) in [6.07, 6.45) is 0. The van der Waals surface area contributed by atoms with E-state index < -0.39 is 16.6 Å². The molecule has 0 heterocycles. The van der Waals surface area contributed by atoms with Gasteiger partial charge in [-0.25, -0.2) is 0 Å². The number of hydrogen-bond acceptors (Lipinski definition) is 8. The fraction of sp³-hybridized carbons (Fsp3) is 0.0769. The Morgan fingerprint density at radius 3 is 2.49 bits per heavy atom. The third kappa shape index (κ3) is 5.20. The molecule has 0 aliphatic heterocycles. The van der Waals surface area contributed by atoms with Crippen LogP contribution < -0.4 is 15.4 Å². The van der Waals surface area contributed by atoms with Crippen molar-refractivity contribution in [3.8, 4) is 11.5 Å². The molecular weight excluding hydrogens is 478 g/mol. The summed E-state index contributed by atoms with van der Waals surface area (Å²) in [5.41, 5.74) is 0.475. The molecule has 0 spiro atoms. The highest BCUT2D eigenvalue weighted by Gasteiger charge is 2.19. The van der Waals surface area contributed by atoms with Crippen molar-refractivity contribution in [1.29, 1.82) is 0 Å². The minimum absolute atomic E-state index is 0.0229. The Hall–Kier alpha value is -5.32. The van der Waals surface area contributed by atoms with Gasteiger partial charge in [0.05, 0.1) is 17.6 Å². The lowest BCUT2D eigenvalue weighted by molar-refractivity contribution is -0.384. The Morgan fingerprint density at radius 2 is 1.76 bits per heavy atom. The lowest BCUT2D eigenvalue weighted by Gasteiger charge is -2.11. The number of nitro groups is 1. The zero-order valence-electron chi connectivity index (χ0n) is 19.8. The number of nitrogens with one attached hydrogen (secondary N) is 2. The van der Waals surface area contributed by atoms with Crippen molar-refractivity contribution < 1.29 is 24.4 Å². The van der Waals surface area contributed by atoms with Crippen LogP contribution in [-0.4, -0.2) is 36.0 Å². The molecule has 4 aromatic rings. The molecule has 0 radical (unpaired) electrons. The van der Waals surface area contributed by atoms with Crippen LogP contribution in [-0.2, 0) is 0 Å². The molecule has 0 unspecified atom stereocenters. The molecule has 0 aliphatic carbocycles. The second-order valence-electron chi connectivity index (χ2n) is 7.77. The summed E-state index contributed by atoms with van der Waals surface area (Å²) in [6.45, 7) is 0. The average Bonchev–Trinajstić information content (AvgIpc) is 2.91. The molecule has 11 heteroatoms. The van der Waals surface area contributed by atoms with Crippen molar-refractivity contribution in [1.82, 2.24) is 5.32 Å². The molecule has 0 saturated heterocycles. The molecule has 2 amide bonds. The van der Waals surface area contributed by atoms with E-state index in [-0.39, 0.29) is 34.2 Å². The fourth-order valence-corrected chi connectivity index (χ4v) is 3.65. The minimum Gasteiger partial charge on any atom is -0.505 e. The van der Waals surface area contributed by atoms with Gasteiger partial charge in [0.25, 0.3) is 17.5 Å². The summed E-state index contributed by atoms with van der Waals surface area (Å²) in [5.74, 6) is -1.11. The van der Waals surface area contributed by atoms with E-state index in [1.165, 1.54) is 50.6 Å². The predicted molar refractivity (Wildman–Crippen MR) is 137 cm³/mol. The number of carbonyl (C=O) groups excluding carboxylic acids is 2. The molecule has 0 aromatic heterocycles. The number of phenolic OH excluding ortho intramolecular Hbond substituents is 1. The normalized spacial score (nSPS) is 10.9. The number of fused-ring (bicyclic) bond motifs is 1. The first-order chi connectivity index (χ1) is 17.8. The highest BCUT2D eigenvalue weighted by molar-refractivity contribution is 6.11. The van der Waals surface area contributed by atoms with E-state index in [1.807, 2.05) is 0 Å². The Kier molecular flexibility index (Phi) is 7.05. The number of aromatic hydroxyl groups is 1. The topological polar surface area (TPSA) is 156 Å². The summed E-state index contributed by atoms with van der Waals surface area (Å²) < 4.78 is 5.31. The highest BCUT2D eigenvalue weighted by Crippen LogP contribution is 2.40. The predicted octanol–water partition coefficient (Wildman–Crippen LogP) is 5.49. The van der Waals surface area contributed by atoms with E-state index >= 15 is 0 Å². The summed E-state index contributed by atoms with van der Waals surface area (Å²) in [7, 11) is 2.95. The monoisotopic (exact) mass is 499 g/mol. The molecule has 0 bridgehead atoms. The fourth-order valence-electron chi connectivity index (χ4n) is 3.65. The molecule has 11 nitrogen and oxygen atoms in total. The van der Waals surface area contributed by atoms with Crippen molar-refractivity contribution in [2.45, 2.75) is 0 Å². The second-order valence-corrected chi connectivity index (χ2v) is 7.77. The molecule has 4 rings (SSSR count). The van der Waals surface area contributed by atoms with Gasteiger partial charge < -0.3 is 20.5 Å². The zero-order chi connectivity index (χ0) is 26.5. The van der Waals surface area contributed by atoms with Gasteiger partial charge in [0.15, 0.2) is 5.75 Å². The number of rotatable bonds is 7. The van der Waals surface area contributed by atoms with Gasteiger partial charge in [-0.2, -0.15) is 0 Å². The first kappa shape index (κ1) is 24.8. The summed E-state index contributed by atoms with van der Waals surface area (Å²) in [5, 5.41) is 36.8. The van der Waals surface area contributed by atoms with Gasteiger partial charge in [-0.1, -0.05) is 30.3 Å². The second kappa shape index (κ2) is 10.5. The number of amides is 2. The van der Waals surface area contributed by atoms with Crippen LogP contribution in [0.15, 0.2) is 83.0 Å². The largest absolute Gasteiger partial charge is 0.505 e. The van der Waals surface area contributed by atoms with Crippen molar-refractivity contribution in [3.05, 3.63) is 94.0 Å². The standard InChI is InChI=1S/C26H21N5O6/c1-27-25(33)16-10-11-22(37-2)21(13-16)29-30-23-19-9-4-3-6-15(19)12-20(24(23)32)26(34)28-17-7-5-8-18(14-17)31(35)36/h3-14,32H,1-2H3,(H,27,33)(H,28,34)/b30-29+. The minimum atomic E-state index is -0.695. The van der Waals surface area contributed by atoms with Crippen LogP contribution >= 0.6 is 0 Å². The smallest absolute Gasteiger partial charge is 0.271 e. The summed E-state index contributed by atoms with van der Waals surface area (Å²) >= 11 is 0. The molecule has 3 N–H and O–H groups in total. The molecular formula is C26H21N5O6. The number of carbonyl (C=O) groups is 2. The molecule has 4 aromatic carbocycles. The third-order valence-corrected chi connectivity index (χ3v) is 5.48. The Balaban J connectivity index is 1.78. The summed E-state index contributed by atoms with van der Waals surface area (Å²) in [6, 6.07) is 18.5. The third-order valence-electron chi connectivity index (χ3n) is 5.48. The van der Waals surface area contributed by atoms with E-state index in [2.05, 4.69) is 20.9 Å².